The summed E-state index contributed by atoms with van der Waals surface area (Å²) in [4.78, 5) is 2.35. The van der Waals surface area contributed by atoms with Gasteiger partial charge in [0.05, 0.1) is 6.07 Å². The summed E-state index contributed by atoms with van der Waals surface area (Å²) in [6.07, 6.45) is 3.00. The summed E-state index contributed by atoms with van der Waals surface area (Å²) in [7, 11) is 2.16. The van der Waals surface area contributed by atoms with Crippen LogP contribution >= 0.6 is 0 Å². The molecule has 0 saturated heterocycles. The topological polar surface area (TPSA) is 39.1 Å². The fourth-order valence-corrected chi connectivity index (χ4v) is 2.58. The molecule has 1 rings (SSSR count). The van der Waals surface area contributed by atoms with E-state index in [1.165, 1.54) is 5.56 Å². The number of nitrogens with zero attached hydrogens (tertiary/aromatic N) is 2. The Hall–Kier alpha value is -1.37. The standard InChI is InChI=1S/C18H29N3/c1-16(2)20-18(3,15-19)12-8-13-21(4)14-11-17-9-6-5-7-10-17/h5-7,9-10,16,20H,8,11-14H2,1-4H3. The summed E-state index contributed by atoms with van der Waals surface area (Å²) in [5.41, 5.74) is 0.974. The molecule has 3 nitrogen and oxygen atoms in total. The zero-order valence-corrected chi connectivity index (χ0v) is 13.9. The normalized spacial score (nSPS) is 14.1. The summed E-state index contributed by atoms with van der Waals surface area (Å²) < 4.78 is 0. The van der Waals surface area contributed by atoms with Crippen LogP contribution in [0.25, 0.3) is 0 Å². The molecule has 21 heavy (non-hydrogen) atoms. The van der Waals surface area contributed by atoms with Crippen LogP contribution in [0.15, 0.2) is 30.3 Å². The second kappa shape index (κ2) is 8.81. The first-order valence-corrected chi connectivity index (χ1v) is 7.86. The molecule has 116 valence electrons. The average Bonchev–Trinajstić information content (AvgIpc) is 2.45. The van der Waals surface area contributed by atoms with Gasteiger partial charge in [0.2, 0.25) is 0 Å². The molecule has 0 saturated carbocycles. The molecule has 3 heteroatoms. The lowest BCUT2D eigenvalue weighted by molar-refractivity contribution is 0.301. The quantitative estimate of drug-likeness (QED) is 0.758. The van der Waals surface area contributed by atoms with Gasteiger partial charge in [-0.25, -0.2) is 0 Å². The number of nitrogens with one attached hydrogen (secondary N) is 1. The van der Waals surface area contributed by atoms with Crippen LogP contribution in [-0.4, -0.2) is 36.6 Å². The van der Waals surface area contributed by atoms with Crippen molar-refractivity contribution in [3.8, 4) is 6.07 Å². The number of nitriles is 1. The minimum absolute atomic E-state index is 0.338. The highest BCUT2D eigenvalue weighted by atomic mass is 15.1. The molecule has 0 spiro atoms. The van der Waals surface area contributed by atoms with E-state index in [0.29, 0.717) is 6.04 Å². The van der Waals surface area contributed by atoms with E-state index in [-0.39, 0.29) is 0 Å². The number of rotatable bonds is 9. The number of hydrogen-bond acceptors (Lipinski definition) is 3. The third kappa shape index (κ3) is 7.27. The van der Waals surface area contributed by atoms with Crippen molar-refractivity contribution < 1.29 is 0 Å². The first-order valence-electron chi connectivity index (χ1n) is 7.86. The van der Waals surface area contributed by atoms with Crippen molar-refractivity contribution in [1.82, 2.24) is 10.2 Å². The van der Waals surface area contributed by atoms with Gasteiger partial charge in [0, 0.05) is 12.6 Å². The van der Waals surface area contributed by atoms with E-state index < -0.39 is 5.54 Å². The molecule has 1 N–H and O–H groups in total. The smallest absolute Gasteiger partial charge is 0.104 e. The highest BCUT2D eigenvalue weighted by Crippen LogP contribution is 2.13. The van der Waals surface area contributed by atoms with Crippen LogP contribution < -0.4 is 5.32 Å². The maximum atomic E-state index is 9.33. The van der Waals surface area contributed by atoms with Crippen LogP contribution in [0.3, 0.4) is 0 Å². The zero-order chi connectivity index (χ0) is 15.7. The van der Waals surface area contributed by atoms with Crippen LogP contribution in [-0.2, 0) is 6.42 Å². The molecule has 0 aliphatic carbocycles. The lowest BCUT2D eigenvalue weighted by atomic mass is 9.96. The Bertz CT molecular complexity index is 436. The highest BCUT2D eigenvalue weighted by Gasteiger charge is 2.23. The minimum Gasteiger partial charge on any atom is -0.306 e. The third-order valence-electron chi connectivity index (χ3n) is 3.70. The van der Waals surface area contributed by atoms with Crippen molar-refractivity contribution in [2.45, 2.75) is 51.6 Å². The molecule has 0 amide bonds. The fourth-order valence-electron chi connectivity index (χ4n) is 2.58. The summed E-state index contributed by atoms with van der Waals surface area (Å²) in [6.45, 7) is 8.26. The van der Waals surface area contributed by atoms with Crippen LogP contribution in [0.5, 0.6) is 0 Å². The van der Waals surface area contributed by atoms with E-state index in [9.17, 15) is 5.26 Å². The molecule has 0 aliphatic heterocycles. The zero-order valence-electron chi connectivity index (χ0n) is 13.9. The Morgan fingerprint density at radius 3 is 2.48 bits per heavy atom. The van der Waals surface area contributed by atoms with E-state index in [4.69, 9.17) is 0 Å². The number of likely N-dealkylation sites (N-methyl/N-ethyl adjacent to an activating group) is 1. The molecule has 0 fully saturated rings. The molecule has 1 aromatic rings. The molecule has 0 heterocycles. The first-order chi connectivity index (χ1) is 9.95. The Labute approximate surface area is 130 Å². The number of hydrogen-bond donors (Lipinski definition) is 1. The van der Waals surface area contributed by atoms with Gasteiger partial charge in [-0.3, -0.25) is 5.32 Å². The summed E-state index contributed by atoms with van der Waals surface area (Å²) in [5.74, 6) is 0. The lowest BCUT2D eigenvalue weighted by Crippen LogP contribution is -2.45. The van der Waals surface area contributed by atoms with Gasteiger partial charge in [-0.2, -0.15) is 5.26 Å². The van der Waals surface area contributed by atoms with Gasteiger partial charge in [0.15, 0.2) is 0 Å². The van der Waals surface area contributed by atoms with Crippen molar-refractivity contribution in [1.29, 1.82) is 5.26 Å². The van der Waals surface area contributed by atoms with E-state index in [2.05, 4.69) is 67.5 Å². The van der Waals surface area contributed by atoms with Gasteiger partial charge in [-0.1, -0.05) is 30.3 Å². The van der Waals surface area contributed by atoms with Gasteiger partial charge >= 0.3 is 0 Å². The van der Waals surface area contributed by atoms with E-state index in [0.717, 1.165) is 32.4 Å². The summed E-state index contributed by atoms with van der Waals surface area (Å²) >= 11 is 0. The molecule has 0 aromatic heterocycles. The summed E-state index contributed by atoms with van der Waals surface area (Å²) in [5, 5.41) is 12.7. The Morgan fingerprint density at radius 1 is 1.24 bits per heavy atom. The van der Waals surface area contributed by atoms with Gasteiger partial charge < -0.3 is 4.90 Å². The van der Waals surface area contributed by atoms with Crippen molar-refractivity contribution in [3.63, 3.8) is 0 Å². The lowest BCUT2D eigenvalue weighted by Gasteiger charge is -2.27. The van der Waals surface area contributed by atoms with Gasteiger partial charge in [-0.15, -0.1) is 0 Å². The predicted octanol–water partition coefficient (Wildman–Crippen LogP) is 3.22. The Morgan fingerprint density at radius 2 is 1.90 bits per heavy atom. The molecule has 0 bridgehead atoms. The SMILES string of the molecule is CC(C)NC(C)(C#N)CCCN(C)CCc1ccccc1. The highest BCUT2D eigenvalue weighted by molar-refractivity contribution is 5.14. The maximum absolute atomic E-state index is 9.33. The minimum atomic E-state index is -0.408. The van der Waals surface area contributed by atoms with Crippen LogP contribution in [0.1, 0.15) is 39.2 Å². The molecule has 1 unspecified atom stereocenters. The average molecular weight is 287 g/mol. The fraction of sp³-hybridized carbons (Fsp3) is 0.611. The second-order valence-corrected chi connectivity index (χ2v) is 6.39. The molecule has 1 atom stereocenters. The largest absolute Gasteiger partial charge is 0.306 e. The molecule has 1 aromatic carbocycles. The van der Waals surface area contributed by atoms with Crippen LogP contribution in [0.2, 0.25) is 0 Å². The van der Waals surface area contributed by atoms with Gasteiger partial charge in [0.1, 0.15) is 5.54 Å². The van der Waals surface area contributed by atoms with E-state index in [1.807, 2.05) is 6.92 Å². The van der Waals surface area contributed by atoms with Crippen LogP contribution in [0.4, 0.5) is 0 Å². The molecular weight excluding hydrogens is 258 g/mol. The summed E-state index contributed by atoms with van der Waals surface area (Å²) in [6, 6.07) is 13.3. The Kier molecular flexibility index (Phi) is 7.42. The van der Waals surface area contributed by atoms with Gasteiger partial charge in [0.25, 0.3) is 0 Å². The molecule has 0 aliphatic rings. The third-order valence-corrected chi connectivity index (χ3v) is 3.70. The van der Waals surface area contributed by atoms with E-state index >= 15 is 0 Å². The van der Waals surface area contributed by atoms with Gasteiger partial charge in [-0.05, 0) is 59.2 Å². The number of benzene rings is 1. The molecular formula is C18H29N3. The Balaban J connectivity index is 2.27. The van der Waals surface area contributed by atoms with Crippen molar-refractivity contribution in [3.05, 3.63) is 35.9 Å². The van der Waals surface area contributed by atoms with Crippen LogP contribution in [0, 0.1) is 11.3 Å². The predicted molar refractivity (Wildman–Crippen MR) is 89.2 cm³/mol. The van der Waals surface area contributed by atoms with Crippen molar-refractivity contribution in [2.24, 2.45) is 0 Å². The second-order valence-electron chi connectivity index (χ2n) is 6.39. The first kappa shape index (κ1) is 17.7. The van der Waals surface area contributed by atoms with E-state index in [1.54, 1.807) is 0 Å². The van der Waals surface area contributed by atoms with Crippen molar-refractivity contribution >= 4 is 0 Å². The molecule has 0 radical (unpaired) electrons. The van der Waals surface area contributed by atoms with Crippen molar-refractivity contribution in [2.75, 3.05) is 20.1 Å². The monoisotopic (exact) mass is 287 g/mol. The maximum Gasteiger partial charge on any atom is 0.104 e.